The quantitative estimate of drug-likeness (QED) is 0.827. The molecule has 0 aromatic heterocycles. The van der Waals surface area contributed by atoms with E-state index >= 15 is 0 Å². The van der Waals surface area contributed by atoms with Crippen molar-refractivity contribution in [1.29, 1.82) is 0 Å². The lowest BCUT2D eigenvalue weighted by molar-refractivity contribution is -0.910. The fourth-order valence-electron chi connectivity index (χ4n) is 2.94. The Morgan fingerprint density at radius 2 is 2.00 bits per heavy atom. The lowest BCUT2D eigenvalue weighted by Gasteiger charge is -2.29. The molecule has 0 amide bonds. The molecule has 4 heteroatoms. The van der Waals surface area contributed by atoms with E-state index in [9.17, 15) is 9.50 Å². The average Bonchev–Trinajstić information content (AvgIpc) is 2.47. The van der Waals surface area contributed by atoms with Gasteiger partial charge in [0.1, 0.15) is 19.3 Å². The van der Waals surface area contributed by atoms with Crippen molar-refractivity contribution in [2.24, 2.45) is 0 Å². The summed E-state index contributed by atoms with van der Waals surface area (Å²) in [5.41, 5.74) is 0. The summed E-state index contributed by atoms with van der Waals surface area (Å²) in [6.07, 6.45) is 5.85. The molecule has 0 heterocycles. The van der Waals surface area contributed by atoms with E-state index in [2.05, 4.69) is 7.05 Å². The number of halogens is 1. The van der Waals surface area contributed by atoms with Crippen LogP contribution in [0.3, 0.4) is 0 Å². The van der Waals surface area contributed by atoms with Crippen molar-refractivity contribution in [1.82, 2.24) is 0 Å². The molecular weight excluding hydrogens is 257 g/mol. The largest absolute Gasteiger partial charge is 0.488 e. The van der Waals surface area contributed by atoms with Crippen LogP contribution in [0.1, 0.15) is 32.1 Å². The fourth-order valence-corrected chi connectivity index (χ4v) is 2.94. The van der Waals surface area contributed by atoms with Gasteiger partial charge in [-0.1, -0.05) is 18.6 Å². The van der Waals surface area contributed by atoms with Gasteiger partial charge in [0.05, 0.1) is 13.1 Å². The van der Waals surface area contributed by atoms with Crippen LogP contribution in [0.25, 0.3) is 0 Å². The molecule has 0 saturated heterocycles. The highest BCUT2D eigenvalue weighted by atomic mass is 19.1. The molecule has 0 aliphatic heterocycles. The van der Waals surface area contributed by atoms with Crippen LogP contribution in [0.15, 0.2) is 24.3 Å². The molecule has 1 aromatic rings. The summed E-state index contributed by atoms with van der Waals surface area (Å²) in [6.45, 7) is 0.796. The molecule has 2 rings (SSSR count). The van der Waals surface area contributed by atoms with E-state index in [1.165, 1.54) is 43.1 Å². The first kappa shape index (κ1) is 15.3. The van der Waals surface area contributed by atoms with Crippen LogP contribution in [0.5, 0.6) is 5.75 Å². The van der Waals surface area contributed by atoms with Crippen LogP contribution in [-0.2, 0) is 0 Å². The summed E-state index contributed by atoms with van der Waals surface area (Å²) in [7, 11) is 2.13. The zero-order chi connectivity index (χ0) is 14.4. The highest BCUT2D eigenvalue weighted by Gasteiger charge is 2.23. The molecule has 1 aliphatic carbocycles. The molecule has 1 aliphatic rings. The Kier molecular flexibility index (Phi) is 5.80. The van der Waals surface area contributed by atoms with Crippen molar-refractivity contribution < 1.29 is 19.1 Å². The van der Waals surface area contributed by atoms with Crippen LogP contribution >= 0.6 is 0 Å². The minimum absolute atomic E-state index is 0.144. The Labute approximate surface area is 120 Å². The molecule has 112 valence electrons. The van der Waals surface area contributed by atoms with Crippen molar-refractivity contribution in [2.75, 3.05) is 20.2 Å². The predicted molar refractivity (Wildman–Crippen MR) is 76.5 cm³/mol. The summed E-state index contributed by atoms with van der Waals surface area (Å²) in [6, 6.07) is 6.94. The number of para-hydroxylation sites is 1. The van der Waals surface area contributed by atoms with Gasteiger partial charge >= 0.3 is 0 Å². The average molecular weight is 282 g/mol. The Bertz CT molecular complexity index is 407. The topological polar surface area (TPSA) is 33.9 Å². The van der Waals surface area contributed by atoms with Crippen molar-refractivity contribution in [2.45, 2.75) is 44.2 Å². The number of ether oxygens (including phenoxy) is 1. The Morgan fingerprint density at radius 3 is 2.70 bits per heavy atom. The van der Waals surface area contributed by atoms with Crippen LogP contribution in [-0.4, -0.2) is 37.5 Å². The van der Waals surface area contributed by atoms with Crippen LogP contribution in [0, 0.1) is 5.82 Å². The SMILES string of the molecule is C[NH+](C[C@@H](O)COc1ccccc1F)C1CCCCC1. The number of aliphatic hydroxyl groups is 1. The number of hydrogen-bond acceptors (Lipinski definition) is 2. The van der Waals surface area contributed by atoms with E-state index in [0.717, 1.165) is 0 Å². The molecule has 20 heavy (non-hydrogen) atoms. The van der Waals surface area contributed by atoms with Gasteiger partial charge in [-0.2, -0.15) is 0 Å². The number of rotatable bonds is 6. The van der Waals surface area contributed by atoms with Crippen LogP contribution in [0.2, 0.25) is 0 Å². The summed E-state index contributed by atoms with van der Waals surface area (Å²) in [4.78, 5) is 1.36. The van der Waals surface area contributed by atoms with Crippen molar-refractivity contribution in [3.05, 3.63) is 30.1 Å². The van der Waals surface area contributed by atoms with Crippen molar-refractivity contribution in [3.8, 4) is 5.75 Å². The first-order valence-corrected chi connectivity index (χ1v) is 7.54. The number of nitrogens with one attached hydrogen (secondary N) is 1. The molecule has 2 N–H and O–H groups in total. The van der Waals surface area contributed by atoms with Crippen molar-refractivity contribution >= 4 is 0 Å². The molecule has 0 radical (unpaired) electrons. The predicted octanol–water partition coefficient (Wildman–Crippen LogP) is 1.41. The third-order valence-electron chi connectivity index (χ3n) is 4.13. The zero-order valence-corrected chi connectivity index (χ0v) is 12.1. The number of likely N-dealkylation sites (N-methyl/N-ethyl adjacent to an activating group) is 1. The van der Waals surface area contributed by atoms with Gasteiger partial charge in [0.2, 0.25) is 0 Å². The smallest absolute Gasteiger partial charge is 0.165 e. The molecule has 1 unspecified atom stereocenters. The van der Waals surface area contributed by atoms with Gasteiger partial charge < -0.3 is 14.7 Å². The molecular formula is C16H25FNO2+. The molecule has 1 aromatic carbocycles. The third kappa shape index (κ3) is 4.46. The van der Waals surface area contributed by atoms with E-state index in [1.54, 1.807) is 18.2 Å². The molecule has 1 saturated carbocycles. The third-order valence-corrected chi connectivity index (χ3v) is 4.13. The monoisotopic (exact) mass is 282 g/mol. The van der Waals surface area contributed by atoms with E-state index in [-0.39, 0.29) is 18.2 Å². The highest BCUT2D eigenvalue weighted by molar-refractivity contribution is 5.23. The molecule has 0 spiro atoms. The highest BCUT2D eigenvalue weighted by Crippen LogP contribution is 2.16. The first-order chi connectivity index (χ1) is 9.66. The zero-order valence-electron chi connectivity index (χ0n) is 12.1. The van der Waals surface area contributed by atoms with E-state index in [4.69, 9.17) is 4.74 Å². The van der Waals surface area contributed by atoms with Gasteiger partial charge in [0, 0.05) is 0 Å². The summed E-state index contributed by atoms with van der Waals surface area (Å²) < 4.78 is 18.7. The van der Waals surface area contributed by atoms with E-state index < -0.39 is 6.10 Å². The van der Waals surface area contributed by atoms with Gasteiger partial charge in [0.15, 0.2) is 11.6 Å². The second kappa shape index (κ2) is 7.60. The number of aliphatic hydroxyl groups excluding tert-OH is 1. The van der Waals surface area contributed by atoms with Crippen LogP contribution in [0.4, 0.5) is 4.39 Å². The Morgan fingerprint density at radius 1 is 1.30 bits per heavy atom. The van der Waals surface area contributed by atoms with E-state index in [0.29, 0.717) is 12.6 Å². The van der Waals surface area contributed by atoms with Gasteiger partial charge in [-0.25, -0.2) is 4.39 Å². The maximum Gasteiger partial charge on any atom is 0.165 e. The first-order valence-electron chi connectivity index (χ1n) is 7.54. The Balaban J connectivity index is 1.74. The van der Waals surface area contributed by atoms with Gasteiger partial charge in [0.25, 0.3) is 0 Å². The normalized spacial score (nSPS) is 19.6. The minimum Gasteiger partial charge on any atom is -0.488 e. The summed E-state index contributed by atoms with van der Waals surface area (Å²) in [5, 5.41) is 10.0. The fraction of sp³-hybridized carbons (Fsp3) is 0.625. The number of hydrogen-bond donors (Lipinski definition) is 2. The number of quaternary nitrogens is 1. The van der Waals surface area contributed by atoms with E-state index in [1.807, 2.05) is 0 Å². The Hall–Kier alpha value is -1.13. The van der Waals surface area contributed by atoms with Gasteiger partial charge in [-0.05, 0) is 37.8 Å². The van der Waals surface area contributed by atoms with Crippen molar-refractivity contribution in [3.63, 3.8) is 0 Å². The standard InChI is InChI=1S/C16H24FNO2/c1-18(13-7-3-2-4-8-13)11-14(19)12-20-16-10-6-5-9-15(16)17/h5-6,9-10,13-14,19H,2-4,7-8,11-12H2,1H3/p+1/t14-/m1/s1. The van der Waals surface area contributed by atoms with Crippen LogP contribution < -0.4 is 9.64 Å². The summed E-state index contributed by atoms with van der Waals surface area (Å²) in [5.74, 6) is -0.172. The molecule has 3 nitrogen and oxygen atoms in total. The number of benzene rings is 1. The lowest BCUT2D eigenvalue weighted by Crippen LogP contribution is -3.14. The molecule has 1 fully saturated rings. The van der Waals surface area contributed by atoms with Gasteiger partial charge in [-0.3, -0.25) is 0 Å². The maximum atomic E-state index is 13.4. The molecule has 2 atom stereocenters. The second-order valence-electron chi connectivity index (χ2n) is 5.78. The summed E-state index contributed by atoms with van der Waals surface area (Å²) >= 11 is 0. The minimum atomic E-state index is -0.559. The lowest BCUT2D eigenvalue weighted by atomic mass is 9.94. The molecule has 0 bridgehead atoms. The second-order valence-corrected chi connectivity index (χ2v) is 5.78. The van der Waals surface area contributed by atoms with Gasteiger partial charge in [-0.15, -0.1) is 0 Å². The maximum absolute atomic E-state index is 13.4.